The number of hydrogen-bond acceptors (Lipinski definition) is 5. The molecule has 7 heteroatoms. The van der Waals surface area contributed by atoms with Crippen molar-refractivity contribution in [2.45, 2.75) is 19.9 Å². The molecule has 3 N–H and O–H groups in total. The largest absolute Gasteiger partial charge is 0.481 e. The van der Waals surface area contributed by atoms with Crippen molar-refractivity contribution in [2.24, 2.45) is 0 Å². The van der Waals surface area contributed by atoms with Gasteiger partial charge in [-0.05, 0) is 29.0 Å². The highest BCUT2D eigenvalue weighted by molar-refractivity contribution is 5.67. The van der Waals surface area contributed by atoms with Crippen molar-refractivity contribution in [3.8, 4) is 11.4 Å². The van der Waals surface area contributed by atoms with Crippen LogP contribution in [0.1, 0.15) is 12.0 Å². The van der Waals surface area contributed by atoms with Crippen molar-refractivity contribution < 1.29 is 9.90 Å². The number of nitrogen functional groups attached to an aromatic ring is 1. The fourth-order valence-corrected chi connectivity index (χ4v) is 1.54. The predicted molar refractivity (Wildman–Crippen MR) is 64.7 cm³/mol. The lowest BCUT2D eigenvalue weighted by Crippen LogP contribution is -2.08. The standard InChI is InChI=1S/C11H13N5O2/c1-7-2-3-8(6-9(7)12)11-13-14-15-16(11)5-4-10(17)18/h2-3,6H,4-5,12H2,1H3,(H,17,18). The van der Waals surface area contributed by atoms with Crippen LogP contribution in [-0.4, -0.2) is 31.3 Å². The van der Waals surface area contributed by atoms with Crippen LogP contribution in [0.4, 0.5) is 5.69 Å². The molecule has 0 amide bonds. The second kappa shape index (κ2) is 4.82. The van der Waals surface area contributed by atoms with Gasteiger partial charge < -0.3 is 10.8 Å². The van der Waals surface area contributed by atoms with Gasteiger partial charge in [-0.25, -0.2) is 4.68 Å². The summed E-state index contributed by atoms with van der Waals surface area (Å²) in [6.45, 7) is 2.14. The number of aromatic nitrogens is 4. The average Bonchev–Trinajstić information content (AvgIpc) is 2.78. The molecule has 2 rings (SSSR count). The molecule has 2 aromatic rings. The molecular weight excluding hydrogens is 234 g/mol. The number of hydrogen-bond donors (Lipinski definition) is 2. The molecule has 0 aliphatic heterocycles. The lowest BCUT2D eigenvalue weighted by molar-refractivity contribution is -0.137. The molecule has 0 saturated heterocycles. The number of benzene rings is 1. The maximum absolute atomic E-state index is 10.5. The molecule has 0 aliphatic rings. The lowest BCUT2D eigenvalue weighted by atomic mass is 10.1. The molecule has 0 aliphatic carbocycles. The van der Waals surface area contributed by atoms with Crippen LogP contribution >= 0.6 is 0 Å². The minimum absolute atomic E-state index is 0.0284. The second-order valence-electron chi connectivity index (χ2n) is 3.94. The highest BCUT2D eigenvalue weighted by Gasteiger charge is 2.10. The monoisotopic (exact) mass is 247 g/mol. The summed E-state index contributed by atoms with van der Waals surface area (Å²) in [6.07, 6.45) is -0.0284. The van der Waals surface area contributed by atoms with Gasteiger partial charge in [0.25, 0.3) is 0 Å². The molecule has 94 valence electrons. The van der Waals surface area contributed by atoms with E-state index in [2.05, 4.69) is 15.5 Å². The van der Waals surface area contributed by atoms with E-state index in [-0.39, 0.29) is 13.0 Å². The number of aryl methyl sites for hydroxylation is 2. The van der Waals surface area contributed by atoms with Crippen molar-refractivity contribution >= 4 is 11.7 Å². The maximum atomic E-state index is 10.5. The minimum atomic E-state index is -0.889. The van der Waals surface area contributed by atoms with Crippen molar-refractivity contribution in [3.05, 3.63) is 23.8 Å². The first-order valence-corrected chi connectivity index (χ1v) is 5.42. The molecule has 0 radical (unpaired) electrons. The molecule has 1 heterocycles. The van der Waals surface area contributed by atoms with Gasteiger partial charge in [-0.15, -0.1) is 5.10 Å². The molecule has 0 spiro atoms. The Morgan fingerprint density at radius 3 is 2.94 bits per heavy atom. The third-order valence-corrected chi connectivity index (χ3v) is 2.61. The smallest absolute Gasteiger partial charge is 0.305 e. The third kappa shape index (κ3) is 2.45. The van der Waals surface area contributed by atoms with E-state index in [1.165, 1.54) is 4.68 Å². The van der Waals surface area contributed by atoms with Crippen LogP contribution in [0.15, 0.2) is 18.2 Å². The van der Waals surface area contributed by atoms with Crippen molar-refractivity contribution in [1.29, 1.82) is 0 Å². The molecule has 7 nitrogen and oxygen atoms in total. The van der Waals surface area contributed by atoms with Crippen LogP contribution < -0.4 is 5.73 Å². The summed E-state index contributed by atoms with van der Waals surface area (Å²) in [4.78, 5) is 10.5. The Bertz CT molecular complexity index is 579. The van der Waals surface area contributed by atoms with Gasteiger partial charge in [-0.3, -0.25) is 4.79 Å². The van der Waals surface area contributed by atoms with Crippen LogP contribution in [0.2, 0.25) is 0 Å². The van der Waals surface area contributed by atoms with Gasteiger partial charge >= 0.3 is 5.97 Å². The van der Waals surface area contributed by atoms with E-state index in [0.29, 0.717) is 11.5 Å². The van der Waals surface area contributed by atoms with E-state index in [4.69, 9.17) is 10.8 Å². The first-order valence-electron chi connectivity index (χ1n) is 5.42. The number of anilines is 1. The van der Waals surface area contributed by atoms with Gasteiger partial charge in [-0.1, -0.05) is 12.1 Å². The van der Waals surface area contributed by atoms with Gasteiger partial charge in [0.1, 0.15) is 0 Å². The van der Waals surface area contributed by atoms with Crippen LogP contribution in [0.5, 0.6) is 0 Å². The number of nitrogens with two attached hydrogens (primary N) is 1. The number of carboxylic acids is 1. The predicted octanol–water partition coefficient (Wildman–Crippen LogP) is 0.705. The quantitative estimate of drug-likeness (QED) is 0.770. The zero-order valence-corrected chi connectivity index (χ0v) is 9.87. The van der Waals surface area contributed by atoms with Gasteiger partial charge in [0.05, 0.1) is 13.0 Å². The fraction of sp³-hybridized carbons (Fsp3) is 0.273. The Kier molecular flexibility index (Phi) is 3.22. The first-order chi connectivity index (χ1) is 8.58. The van der Waals surface area contributed by atoms with E-state index in [1.54, 1.807) is 6.07 Å². The molecule has 18 heavy (non-hydrogen) atoms. The summed E-state index contributed by atoms with van der Waals surface area (Å²) >= 11 is 0. The van der Waals surface area contributed by atoms with Crippen LogP contribution in [0, 0.1) is 6.92 Å². The molecule has 0 saturated carbocycles. The van der Waals surface area contributed by atoms with E-state index in [0.717, 1.165) is 11.1 Å². The van der Waals surface area contributed by atoms with Gasteiger partial charge in [0, 0.05) is 11.3 Å². The number of tetrazole rings is 1. The molecule has 0 fully saturated rings. The van der Waals surface area contributed by atoms with E-state index >= 15 is 0 Å². The number of carbonyl (C=O) groups is 1. The van der Waals surface area contributed by atoms with E-state index in [9.17, 15) is 4.79 Å². The summed E-state index contributed by atoms with van der Waals surface area (Å²) < 4.78 is 1.46. The van der Waals surface area contributed by atoms with E-state index in [1.807, 2.05) is 19.1 Å². The molecular formula is C11H13N5O2. The van der Waals surface area contributed by atoms with E-state index < -0.39 is 5.97 Å². The summed E-state index contributed by atoms with van der Waals surface area (Å²) in [5, 5.41) is 19.9. The van der Waals surface area contributed by atoms with Gasteiger partial charge in [0.2, 0.25) is 0 Å². The Balaban J connectivity index is 2.30. The highest BCUT2D eigenvalue weighted by atomic mass is 16.4. The van der Waals surface area contributed by atoms with Crippen molar-refractivity contribution in [3.63, 3.8) is 0 Å². The summed E-state index contributed by atoms with van der Waals surface area (Å²) in [5.41, 5.74) is 8.23. The zero-order chi connectivity index (χ0) is 13.1. The molecule has 1 aromatic heterocycles. The lowest BCUT2D eigenvalue weighted by Gasteiger charge is -2.05. The number of rotatable bonds is 4. The third-order valence-electron chi connectivity index (χ3n) is 2.61. The Morgan fingerprint density at radius 2 is 2.28 bits per heavy atom. The topological polar surface area (TPSA) is 107 Å². The van der Waals surface area contributed by atoms with Gasteiger partial charge in [0.15, 0.2) is 5.82 Å². The number of nitrogens with zero attached hydrogens (tertiary/aromatic N) is 4. The van der Waals surface area contributed by atoms with Crippen molar-refractivity contribution in [1.82, 2.24) is 20.2 Å². The minimum Gasteiger partial charge on any atom is -0.481 e. The van der Waals surface area contributed by atoms with Crippen LogP contribution in [-0.2, 0) is 11.3 Å². The van der Waals surface area contributed by atoms with Crippen molar-refractivity contribution in [2.75, 3.05) is 5.73 Å². The molecule has 0 bridgehead atoms. The second-order valence-corrected chi connectivity index (χ2v) is 3.94. The summed E-state index contributed by atoms with van der Waals surface area (Å²) in [5.74, 6) is -0.372. The Labute approximate surface area is 103 Å². The molecule has 0 unspecified atom stereocenters. The van der Waals surface area contributed by atoms with Gasteiger partial charge in [-0.2, -0.15) is 0 Å². The zero-order valence-electron chi connectivity index (χ0n) is 9.87. The van der Waals surface area contributed by atoms with Crippen LogP contribution in [0.3, 0.4) is 0 Å². The summed E-state index contributed by atoms with van der Waals surface area (Å²) in [6, 6.07) is 5.51. The maximum Gasteiger partial charge on any atom is 0.305 e. The number of aliphatic carboxylic acids is 1. The average molecular weight is 247 g/mol. The first kappa shape index (κ1) is 12.0. The SMILES string of the molecule is Cc1ccc(-c2nnnn2CCC(=O)O)cc1N. The van der Waals surface area contributed by atoms with Crippen LogP contribution in [0.25, 0.3) is 11.4 Å². The normalized spacial score (nSPS) is 10.5. The highest BCUT2D eigenvalue weighted by Crippen LogP contribution is 2.21. The summed E-state index contributed by atoms with van der Waals surface area (Å²) in [7, 11) is 0. The Hall–Kier alpha value is -2.44. The molecule has 0 atom stereocenters. The molecule has 1 aromatic carbocycles. The fourth-order valence-electron chi connectivity index (χ4n) is 1.54. The Morgan fingerprint density at radius 1 is 1.50 bits per heavy atom. The number of carboxylic acid groups (broad SMARTS) is 1.